The lowest BCUT2D eigenvalue weighted by Gasteiger charge is -2.41. The van der Waals surface area contributed by atoms with Gasteiger partial charge in [-0.1, -0.05) is 74.5 Å². The van der Waals surface area contributed by atoms with Gasteiger partial charge in [-0.3, -0.25) is 19.1 Å². The highest BCUT2D eigenvalue weighted by Crippen LogP contribution is 2.39. The first-order valence-electron chi connectivity index (χ1n) is 12.0. The SMILES string of the molecule is CC(C)CC(=O)Oc1c2n(ncc1=O)[C@@H](C(c1ccccc1)c1ccccc1)CN(C(C)C)C2=O. The third kappa shape index (κ3) is 5.04. The first kappa shape index (κ1) is 24.4. The number of rotatable bonds is 7. The third-order valence-corrected chi connectivity index (χ3v) is 6.25. The van der Waals surface area contributed by atoms with Crippen LogP contribution in [0.5, 0.6) is 5.75 Å². The standard InChI is InChI=1S/C28H31N3O4/c1-18(2)15-24(33)35-27-23(32)16-29-31-22(17-30(19(3)4)28(34)26(27)31)25(20-11-7-5-8-12-20)21-13-9-6-10-14-21/h5-14,16,18-19,22,25H,15,17H2,1-4H3/t22-/m1/s1. The highest BCUT2D eigenvalue weighted by Gasteiger charge is 2.41. The van der Waals surface area contributed by atoms with E-state index >= 15 is 0 Å². The van der Waals surface area contributed by atoms with Crippen LogP contribution in [0.4, 0.5) is 0 Å². The number of benzene rings is 2. The van der Waals surface area contributed by atoms with Gasteiger partial charge in [0, 0.05) is 24.9 Å². The molecule has 1 aliphatic heterocycles. The lowest BCUT2D eigenvalue weighted by molar-refractivity contribution is -0.135. The van der Waals surface area contributed by atoms with Gasteiger partial charge in [0.25, 0.3) is 5.91 Å². The van der Waals surface area contributed by atoms with E-state index in [-0.39, 0.29) is 47.7 Å². The summed E-state index contributed by atoms with van der Waals surface area (Å²) in [6, 6.07) is 19.6. The summed E-state index contributed by atoms with van der Waals surface area (Å²) in [5.74, 6) is -1.25. The van der Waals surface area contributed by atoms with Crippen molar-refractivity contribution in [1.29, 1.82) is 0 Å². The van der Waals surface area contributed by atoms with Crippen molar-refractivity contribution >= 4 is 11.9 Å². The number of ether oxygens (including phenoxy) is 1. The van der Waals surface area contributed by atoms with Gasteiger partial charge in [-0.05, 0) is 30.9 Å². The quantitative estimate of drug-likeness (QED) is 0.474. The number of esters is 1. The summed E-state index contributed by atoms with van der Waals surface area (Å²) in [5, 5.41) is 4.41. The van der Waals surface area contributed by atoms with E-state index < -0.39 is 11.4 Å². The van der Waals surface area contributed by atoms with Gasteiger partial charge in [0.15, 0.2) is 5.69 Å². The van der Waals surface area contributed by atoms with Gasteiger partial charge in [0.05, 0.1) is 12.2 Å². The summed E-state index contributed by atoms with van der Waals surface area (Å²) < 4.78 is 7.12. The van der Waals surface area contributed by atoms with Gasteiger partial charge in [0.1, 0.15) is 0 Å². The van der Waals surface area contributed by atoms with E-state index in [1.54, 1.807) is 9.58 Å². The summed E-state index contributed by atoms with van der Waals surface area (Å²) in [5.41, 5.74) is 1.57. The molecule has 1 aliphatic rings. The third-order valence-electron chi connectivity index (χ3n) is 6.25. The average molecular weight is 474 g/mol. The normalized spacial score (nSPS) is 15.6. The fourth-order valence-electron chi connectivity index (χ4n) is 4.63. The summed E-state index contributed by atoms with van der Waals surface area (Å²) in [6.45, 7) is 8.05. The number of aromatic nitrogens is 2. The number of carbonyl (C=O) groups is 2. The minimum atomic E-state index is -0.581. The molecule has 1 amide bonds. The molecule has 1 aromatic heterocycles. The lowest BCUT2D eigenvalue weighted by atomic mass is 9.83. The van der Waals surface area contributed by atoms with E-state index in [2.05, 4.69) is 29.4 Å². The van der Waals surface area contributed by atoms with E-state index in [0.717, 1.165) is 17.3 Å². The Kier molecular flexibility index (Phi) is 7.15. The molecule has 4 rings (SSSR count). The van der Waals surface area contributed by atoms with Crippen molar-refractivity contribution in [2.75, 3.05) is 6.54 Å². The molecule has 0 N–H and O–H groups in total. The molecule has 2 aromatic carbocycles. The Bertz CT molecular complexity index is 1210. The number of amides is 1. The zero-order valence-electron chi connectivity index (χ0n) is 20.5. The molecule has 0 radical (unpaired) electrons. The van der Waals surface area contributed by atoms with Gasteiger partial charge in [0.2, 0.25) is 11.2 Å². The molecule has 182 valence electrons. The predicted octanol–water partition coefficient (Wildman–Crippen LogP) is 4.43. The van der Waals surface area contributed by atoms with E-state index in [9.17, 15) is 14.4 Å². The van der Waals surface area contributed by atoms with Crippen LogP contribution in [-0.4, -0.2) is 39.1 Å². The second-order valence-electron chi connectivity index (χ2n) is 9.62. The fourth-order valence-corrected chi connectivity index (χ4v) is 4.63. The Hall–Kier alpha value is -3.74. The summed E-state index contributed by atoms with van der Waals surface area (Å²) in [6.07, 6.45) is 1.28. The van der Waals surface area contributed by atoms with E-state index in [4.69, 9.17) is 4.74 Å². The molecule has 0 saturated carbocycles. The van der Waals surface area contributed by atoms with Gasteiger partial charge < -0.3 is 9.64 Å². The maximum Gasteiger partial charge on any atom is 0.311 e. The van der Waals surface area contributed by atoms with Crippen LogP contribution in [-0.2, 0) is 4.79 Å². The maximum atomic E-state index is 13.6. The van der Waals surface area contributed by atoms with Crippen molar-refractivity contribution in [3.05, 3.63) is 93.9 Å². The molecule has 7 heteroatoms. The molecule has 35 heavy (non-hydrogen) atoms. The van der Waals surface area contributed by atoms with E-state index in [1.807, 2.05) is 64.1 Å². The summed E-state index contributed by atoms with van der Waals surface area (Å²) in [4.78, 5) is 40.7. The largest absolute Gasteiger partial charge is 0.420 e. The average Bonchev–Trinajstić information content (AvgIpc) is 2.83. The Morgan fingerprint density at radius 1 is 0.971 bits per heavy atom. The molecule has 7 nitrogen and oxygen atoms in total. The number of carbonyl (C=O) groups excluding carboxylic acids is 2. The van der Waals surface area contributed by atoms with Crippen molar-refractivity contribution < 1.29 is 14.3 Å². The van der Waals surface area contributed by atoms with Crippen LogP contribution in [0.1, 0.15) is 67.7 Å². The van der Waals surface area contributed by atoms with Crippen molar-refractivity contribution in [3.8, 4) is 5.75 Å². The molecule has 0 bridgehead atoms. The Balaban J connectivity index is 1.92. The predicted molar refractivity (Wildman–Crippen MR) is 134 cm³/mol. The van der Waals surface area contributed by atoms with E-state index in [0.29, 0.717) is 6.54 Å². The molecule has 2 heterocycles. The van der Waals surface area contributed by atoms with Crippen LogP contribution in [0.2, 0.25) is 0 Å². The number of hydrogen-bond acceptors (Lipinski definition) is 5. The van der Waals surface area contributed by atoms with E-state index in [1.165, 1.54) is 0 Å². The summed E-state index contributed by atoms with van der Waals surface area (Å²) in [7, 11) is 0. The number of fused-ring (bicyclic) bond motifs is 1. The minimum absolute atomic E-state index is 0.0245. The second kappa shape index (κ2) is 10.3. The molecular weight excluding hydrogens is 442 g/mol. The van der Waals surface area contributed by atoms with Crippen molar-refractivity contribution in [2.24, 2.45) is 5.92 Å². The fraction of sp³-hybridized carbons (Fsp3) is 0.357. The number of hydrogen-bond donors (Lipinski definition) is 0. The lowest BCUT2D eigenvalue weighted by Crippen LogP contribution is -2.50. The highest BCUT2D eigenvalue weighted by atomic mass is 16.5. The molecule has 0 unspecified atom stereocenters. The second-order valence-corrected chi connectivity index (χ2v) is 9.62. The molecule has 0 aliphatic carbocycles. The van der Waals surface area contributed by atoms with Gasteiger partial charge in [-0.15, -0.1) is 0 Å². The smallest absolute Gasteiger partial charge is 0.311 e. The van der Waals surface area contributed by atoms with Crippen molar-refractivity contribution in [2.45, 2.75) is 52.1 Å². The van der Waals surface area contributed by atoms with Crippen LogP contribution in [0.3, 0.4) is 0 Å². The Morgan fingerprint density at radius 2 is 1.54 bits per heavy atom. The van der Waals surface area contributed by atoms with Crippen LogP contribution in [0, 0.1) is 5.92 Å². The molecular formula is C28H31N3O4. The molecule has 0 spiro atoms. The first-order chi connectivity index (χ1) is 16.8. The monoisotopic (exact) mass is 473 g/mol. The zero-order valence-corrected chi connectivity index (χ0v) is 20.5. The van der Waals surface area contributed by atoms with Gasteiger partial charge in [-0.2, -0.15) is 5.10 Å². The molecule has 3 aromatic rings. The Morgan fingerprint density at radius 3 is 2.06 bits per heavy atom. The van der Waals surface area contributed by atoms with Crippen LogP contribution in [0.25, 0.3) is 0 Å². The van der Waals surface area contributed by atoms with Crippen LogP contribution >= 0.6 is 0 Å². The molecule has 0 saturated heterocycles. The van der Waals surface area contributed by atoms with Crippen LogP contribution in [0.15, 0.2) is 71.7 Å². The Labute approximate surface area is 205 Å². The number of nitrogens with zero attached hydrogens (tertiary/aromatic N) is 3. The zero-order chi connectivity index (χ0) is 25.1. The first-order valence-corrected chi connectivity index (χ1v) is 12.0. The molecule has 1 atom stereocenters. The molecule has 0 fully saturated rings. The van der Waals surface area contributed by atoms with Crippen molar-refractivity contribution in [1.82, 2.24) is 14.7 Å². The maximum absolute atomic E-state index is 13.6. The topological polar surface area (TPSA) is 81.5 Å². The summed E-state index contributed by atoms with van der Waals surface area (Å²) >= 11 is 0. The van der Waals surface area contributed by atoms with Crippen LogP contribution < -0.4 is 10.2 Å². The van der Waals surface area contributed by atoms with Crippen molar-refractivity contribution in [3.63, 3.8) is 0 Å². The van der Waals surface area contributed by atoms with Gasteiger partial charge >= 0.3 is 5.97 Å². The highest BCUT2D eigenvalue weighted by molar-refractivity contribution is 5.96. The minimum Gasteiger partial charge on any atom is -0.420 e. The van der Waals surface area contributed by atoms with Gasteiger partial charge in [-0.25, -0.2) is 0 Å².